The van der Waals surface area contributed by atoms with E-state index in [0.29, 0.717) is 51.7 Å². The lowest BCUT2D eigenvalue weighted by Crippen LogP contribution is -2.52. The number of carbonyl (C=O) groups excluding carboxylic acids is 1. The first-order chi connectivity index (χ1) is 14.3. The molecule has 30 heavy (non-hydrogen) atoms. The minimum absolute atomic E-state index is 0.0804. The van der Waals surface area contributed by atoms with Crippen LogP contribution in [0.4, 0.5) is 18.0 Å². The number of piperidine rings is 1. The topological polar surface area (TPSA) is 58.8 Å². The van der Waals surface area contributed by atoms with E-state index in [1.165, 1.54) is 12.1 Å². The Kier molecular flexibility index (Phi) is 5.73. The molecular weight excluding hydrogens is 399 g/mol. The van der Waals surface area contributed by atoms with Gasteiger partial charge in [0.25, 0.3) is 0 Å². The second kappa shape index (κ2) is 8.29. The van der Waals surface area contributed by atoms with Crippen molar-refractivity contribution in [1.29, 1.82) is 0 Å². The van der Waals surface area contributed by atoms with E-state index in [1.807, 2.05) is 6.92 Å². The molecule has 2 aliphatic heterocycles. The van der Waals surface area contributed by atoms with Crippen molar-refractivity contribution in [2.75, 3.05) is 39.4 Å². The summed E-state index contributed by atoms with van der Waals surface area (Å²) in [5.74, 6) is 0.330. The summed E-state index contributed by atoms with van der Waals surface area (Å²) in [7, 11) is 0. The molecule has 1 aromatic carbocycles. The number of ether oxygens (including phenoxy) is 1. The van der Waals surface area contributed by atoms with Crippen LogP contribution in [0.2, 0.25) is 0 Å². The number of oxazole rings is 1. The highest BCUT2D eigenvalue weighted by Crippen LogP contribution is 2.37. The normalized spacial score (nSPS) is 22.9. The van der Waals surface area contributed by atoms with Crippen molar-refractivity contribution in [1.82, 2.24) is 14.8 Å². The van der Waals surface area contributed by atoms with Crippen LogP contribution in [-0.2, 0) is 10.9 Å². The number of aromatic nitrogens is 1. The maximum Gasteiger partial charge on any atom is 0.416 e. The SMILES string of the molecule is Cc1coc(C2CC(c3ccc(C(F)(F)F)cc3)CN(C(=O)N3CCOCC3)C2)n1. The van der Waals surface area contributed by atoms with Gasteiger partial charge in [-0.1, -0.05) is 12.1 Å². The predicted octanol–water partition coefficient (Wildman–Crippen LogP) is 4.03. The molecule has 2 saturated heterocycles. The Balaban J connectivity index is 1.58. The number of halogens is 3. The minimum Gasteiger partial charge on any atom is -0.448 e. The van der Waals surface area contributed by atoms with E-state index in [-0.39, 0.29) is 17.9 Å². The van der Waals surface area contributed by atoms with Crippen LogP contribution in [-0.4, -0.2) is 60.2 Å². The molecule has 3 heterocycles. The molecule has 0 bridgehead atoms. The van der Waals surface area contributed by atoms with Crippen molar-refractivity contribution in [2.24, 2.45) is 0 Å². The van der Waals surface area contributed by atoms with Crippen molar-refractivity contribution < 1.29 is 27.1 Å². The van der Waals surface area contributed by atoms with Gasteiger partial charge in [0, 0.05) is 32.1 Å². The van der Waals surface area contributed by atoms with E-state index in [0.717, 1.165) is 23.4 Å². The third-order valence-electron chi connectivity index (χ3n) is 5.70. The number of rotatable bonds is 2. The highest BCUT2D eigenvalue weighted by molar-refractivity contribution is 5.75. The van der Waals surface area contributed by atoms with Crippen LogP contribution >= 0.6 is 0 Å². The van der Waals surface area contributed by atoms with Gasteiger partial charge in [-0.3, -0.25) is 0 Å². The van der Waals surface area contributed by atoms with Crippen LogP contribution in [0.1, 0.15) is 41.0 Å². The summed E-state index contributed by atoms with van der Waals surface area (Å²) in [4.78, 5) is 21.0. The Morgan fingerprint density at radius 1 is 1.07 bits per heavy atom. The monoisotopic (exact) mass is 423 g/mol. The summed E-state index contributed by atoms with van der Waals surface area (Å²) in [5, 5.41) is 0. The zero-order valence-electron chi connectivity index (χ0n) is 16.7. The molecule has 162 valence electrons. The smallest absolute Gasteiger partial charge is 0.416 e. The summed E-state index contributed by atoms with van der Waals surface area (Å²) in [6.45, 7) is 4.81. The lowest BCUT2D eigenvalue weighted by atomic mass is 9.84. The Bertz CT molecular complexity index is 876. The molecule has 4 rings (SSSR count). The zero-order valence-corrected chi connectivity index (χ0v) is 16.7. The van der Waals surface area contributed by atoms with Gasteiger partial charge in [0.2, 0.25) is 0 Å². The Labute approximate surface area is 172 Å². The van der Waals surface area contributed by atoms with Crippen LogP contribution in [0.25, 0.3) is 0 Å². The summed E-state index contributed by atoms with van der Waals surface area (Å²) in [6.07, 6.45) is -2.15. The fourth-order valence-electron chi connectivity index (χ4n) is 4.13. The quantitative estimate of drug-likeness (QED) is 0.732. The second-order valence-corrected chi connectivity index (χ2v) is 7.86. The Morgan fingerprint density at radius 2 is 1.73 bits per heavy atom. The van der Waals surface area contributed by atoms with Crippen LogP contribution < -0.4 is 0 Å². The van der Waals surface area contributed by atoms with Gasteiger partial charge in [0.15, 0.2) is 5.89 Å². The van der Waals surface area contributed by atoms with Crippen molar-refractivity contribution in [3.63, 3.8) is 0 Å². The van der Waals surface area contributed by atoms with Crippen molar-refractivity contribution in [2.45, 2.75) is 31.4 Å². The molecule has 6 nitrogen and oxygen atoms in total. The Morgan fingerprint density at radius 3 is 2.33 bits per heavy atom. The molecule has 0 saturated carbocycles. The van der Waals surface area contributed by atoms with Crippen molar-refractivity contribution in [3.8, 4) is 0 Å². The van der Waals surface area contributed by atoms with E-state index in [1.54, 1.807) is 16.1 Å². The van der Waals surface area contributed by atoms with Gasteiger partial charge in [-0.2, -0.15) is 13.2 Å². The molecule has 0 aliphatic carbocycles. The number of nitrogens with zero attached hydrogens (tertiary/aromatic N) is 3. The van der Waals surface area contributed by atoms with E-state index in [4.69, 9.17) is 9.15 Å². The molecule has 2 amide bonds. The van der Waals surface area contributed by atoms with Crippen LogP contribution in [0, 0.1) is 6.92 Å². The number of carbonyl (C=O) groups is 1. The molecule has 1 aromatic heterocycles. The molecule has 0 radical (unpaired) electrons. The molecule has 0 spiro atoms. The zero-order chi connectivity index (χ0) is 21.3. The van der Waals surface area contributed by atoms with Crippen molar-refractivity contribution >= 4 is 6.03 Å². The molecule has 2 unspecified atom stereocenters. The summed E-state index contributed by atoms with van der Waals surface area (Å²) >= 11 is 0. The average Bonchev–Trinajstić information content (AvgIpc) is 3.19. The van der Waals surface area contributed by atoms with Gasteiger partial charge < -0.3 is 19.0 Å². The maximum atomic E-state index is 13.1. The summed E-state index contributed by atoms with van der Waals surface area (Å²) < 4.78 is 49.7. The number of urea groups is 1. The number of amides is 2. The lowest BCUT2D eigenvalue weighted by molar-refractivity contribution is -0.137. The van der Waals surface area contributed by atoms with Crippen molar-refractivity contribution in [3.05, 3.63) is 53.2 Å². The Hall–Kier alpha value is -2.55. The fraction of sp³-hybridized carbons (Fsp3) is 0.524. The van der Waals surface area contributed by atoms with E-state index in [9.17, 15) is 18.0 Å². The minimum atomic E-state index is -4.37. The van der Waals surface area contributed by atoms with Gasteiger partial charge in [0.05, 0.1) is 30.4 Å². The fourth-order valence-corrected chi connectivity index (χ4v) is 4.13. The number of alkyl halides is 3. The molecule has 9 heteroatoms. The first-order valence-corrected chi connectivity index (χ1v) is 10.0. The lowest BCUT2D eigenvalue weighted by Gasteiger charge is -2.40. The number of hydrogen-bond donors (Lipinski definition) is 0. The van der Waals surface area contributed by atoms with Crippen LogP contribution in [0.3, 0.4) is 0 Å². The van der Waals surface area contributed by atoms with Crippen LogP contribution in [0.5, 0.6) is 0 Å². The second-order valence-electron chi connectivity index (χ2n) is 7.86. The summed E-state index contributed by atoms with van der Waals surface area (Å²) in [5.41, 5.74) is 0.853. The molecule has 2 atom stereocenters. The summed E-state index contributed by atoms with van der Waals surface area (Å²) in [6, 6.07) is 5.13. The third-order valence-corrected chi connectivity index (χ3v) is 5.70. The number of benzene rings is 1. The number of hydrogen-bond acceptors (Lipinski definition) is 4. The first-order valence-electron chi connectivity index (χ1n) is 10.0. The maximum absolute atomic E-state index is 13.1. The van der Waals surface area contributed by atoms with Gasteiger partial charge in [-0.15, -0.1) is 0 Å². The molecule has 2 aromatic rings. The highest BCUT2D eigenvalue weighted by Gasteiger charge is 2.36. The van der Waals surface area contributed by atoms with Gasteiger partial charge in [-0.05, 0) is 31.0 Å². The predicted molar refractivity (Wildman–Crippen MR) is 102 cm³/mol. The molecular formula is C21H24F3N3O3. The number of morpholine rings is 1. The molecule has 0 N–H and O–H groups in total. The third kappa shape index (κ3) is 4.45. The molecule has 2 aliphatic rings. The van der Waals surface area contributed by atoms with Gasteiger partial charge >= 0.3 is 12.2 Å². The van der Waals surface area contributed by atoms with E-state index < -0.39 is 11.7 Å². The van der Waals surface area contributed by atoms with Crippen LogP contribution in [0.15, 0.2) is 34.9 Å². The molecule has 2 fully saturated rings. The number of aryl methyl sites for hydroxylation is 1. The largest absolute Gasteiger partial charge is 0.448 e. The standard InChI is InChI=1S/C21H24F3N3O3/c1-14-13-30-19(25-14)17-10-16(15-2-4-18(5-3-15)21(22,23)24)11-27(12-17)20(28)26-6-8-29-9-7-26/h2-5,13,16-17H,6-12H2,1H3. The number of likely N-dealkylation sites (tertiary alicyclic amines) is 1. The van der Waals surface area contributed by atoms with E-state index >= 15 is 0 Å². The first kappa shape index (κ1) is 20.7. The van der Waals surface area contributed by atoms with Gasteiger partial charge in [-0.25, -0.2) is 9.78 Å². The van der Waals surface area contributed by atoms with E-state index in [2.05, 4.69) is 4.98 Å². The van der Waals surface area contributed by atoms with Gasteiger partial charge in [0.1, 0.15) is 6.26 Å². The average molecular weight is 423 g/mol. The highest BCUT2D eigenvalue weighted by atomic mass is 19.4.